The molecule has 0 aliphatic rings. The van der Waals surface area contributed by atoms with Crippen LogP contribution in [0.25, 0.3) is 0 Å². The zero-order valence-corrected chi connectivity index (χ0v) is 5.76. The minimum Gasteiger partial charge on any atom is -0.373 e. The molecule has 1 nitrogen and oxygen atoms in total. The molecule has 0 saturated carbocycles. The van der Waals surface area contributed by atoms with Gasteiger partial charge in [-0.3, -0.25) is 0 Å². The van der Waals surface area contributed by atoms with Gasteiger partial charge in [-0.25, -0.2) is 0 Å². The minimum atomic E-state index is 0.361. The van der Waals surface area contributed by atoms with E-state index in [1.165, 1.54) is 0 Å². The summed E-state index contributed by atoms with van der Waals surface area (Å²) in [4.78, 5) is 0. The molecule has 0 aromatic carbocycles. The Kier molecular flexibility index (Phi) is 1.76. The Morgan fingerprint density at radius 2 is 1.20 bits per heavy atom. The summed E-state index contributed by atoms with van der Waals surface area (Å²) in [7, 11) is 23.6. The van der Waals surface area contributed by atoms with Gasteiger partial charge in [0.05, 0.1) is 0 Å². The second kappa shape index (κ2) is 2.30. The van der Waals surface area contributed by atoms with Gasteiger partial charge in [-0.2, -0.15) is 0 Å². The average Bonchev–Trinajstić information content (AvgIpc) is 2.07. The van der Waals surface area contributed by atoms with Crippen LogP contribution in [0, 0.1) is 0 Å². The zero-order valence-electron chi connectivity index (χ0n) is 5.76. The molecule has 1 aromatic heterocycles. The molecule has 40 valence electrons. The number of aromatic nitrogens is 1. The number of hydrogen-bond acceptors (Lipinski definition) is 0. The number of nitrogens with zero attached hydrogens (tertiary/aromatic N) is 1. The third-order valence-electron chi connectivity index (χ3n) is 1.56. The standard InChI is InChI=1S/C5H3B4N/c1-10-4(8)2(6)3(7)5(10)9/h1H3. The second-order valence-electron chi connectivity index (χ2n) is 2.16. The molecule has 0 fully saturated rings. The van der Waals surface area contributed by atoms with Gasteiger partial charge in [-0.1, -0.05) is 10.9 Å². The van der Waals surface area contributed by atoms with Gasteiger partial charge in [0.2, 0.25) is 0 Å². The van der Waals surface area contributed by atoms with Crippen LogP contribution in [0.4, 0.5) is 0 Å². The molecule has 0 saturated heterocycles. The fourth-order valence-corrected chi connectivity index (χ4v) is 0.767. The van der Waals surface area contributed by atoms with Gasteiger partial charge in [0, 0.05) is 7.05 Å². The molecule has 5 heteroatoms. The third kappa shape index (κ3) is 0.845. The second-order valence-corrected chi connectivity index (χ2v) is 2.16. The van der Waals surface area contributed by atoms with Gasteiger partial charge in [0.15, 0.2) is 0 Å². The van der Waals surface area contributed by atoms with E-state index in [1.54, 1.807) is 11.6 Å². The maximum Gasteiger partial charge on any atom is 0.137 e. The highest BCUT2D eigenvalue weighted by atomic mass is 14.9. The lowest BCUT2D eigenvalue weighted by Gasteiger charge is -1.99. The molecule has 0 bridgehead atoms. The summed E-state index contributed by atoms with van der Waals surface area (Å²) >= 11 is 0. The fourth-order valence-electron chi connectivity index (χ4n) is 0.767. The molecular formula is C5H3B4N. The van der Waals surface area contributed by atoms with Gasteiger partial charge in [0.25, 0.3) is 0 Å². The van der Waals surface area contributed by atoms with Crippen molar-refractivity contribution in [1.82, 2.24) is 4.57 Å². The van der Waals surface area contributed by atoms with Crippen molar-refractivity contribution in [2.45, 2.75) is 0 Å². The first-order valence-electron chi connectivity index (χ1n) is 2.80. The predicted octanol–water partition coefficient (Wildman–Crippen LogP) is -3.80. The molecule has 10 heavy (non-hydrogen) atoms. The van der Waals surface area contributed by atoms with E-state index in [0.29, 0.717) is 22.1 Å². The highest BCUT2D eigenvalue weighted by Gasteiger charge is 2.04. The average molecular weight is 120 g/mol. The maximum atomic E-state index is 5.48. The van der Waals surface area contributed by atoms with Gasteiger partial charge in [0.1, 0.15) is 31.4 Å². The third-order valence-corrected chi connectivity index (χ3v) is 1.56. The van der Waals surface area contributed by atoms with Crippen molar-refractivity contribution in [2.75, 3.05) is 0 Å². The van der Waals surface area contributed by atoms with Crippen LogP contribution in [0.3, 0.4) is 0 Å². The molecule has 0 aliphatic heterocycles. The Hall–Kier alpha value is -0.460. The molecule has 0 N–H and O–H groups in total. The van der Waals surface area contributed by atoms with Crippen LogP contribution in [0.5, 0.6) is 0 Å². The lowest BCUT2D eigenvalue weighted by molar-refractivity contribution is 0.995. The van der Waals surface area contributed by atoms with Crippen LogP contribution in [-0.4, -0.2) is 36.0 Å². The first-order valence-corrected chi connectivity index (χ1v) is 2.80. The molecule has 1 aromatic rings. The zero-order chi connectivity index (χ0) is 7.89. The topological polar surface area (TPSA) is 4.93 Å². The molecule has 0 spiro atoms. The van der Waals surface area contributed by atoms with Gasteiger partial charge >= 0.3 is 0 Å². The van der Waals surface area contributed by atoms with Crippen LogP contribution in [0.15, 0.2) is 0 Å². The van der Waals surface area contributed by atoms with E-state index in [9.17, 15) is 0 Å². The van der Waals surface area contributed by atoms with Crippen molar-refractivity contribution in [3.63, 3.8) is 0 Å². The number of rotatable bonds is 0. The molecular weight excluding hydrogens is 117 g/mol. The van der Waals surface area contributed by atoms with E-state index >= 15 is 0 Å². The van der Waals surface area contributed by atoms with Crippen molar-refractivity contribution in [3.05, 3.63) is 0 Å². The largest absolute Gasteiger partial charge is 0.373 e. The Balaban J connectivity index is 3.44. The van der Waals surface area contributed by atoms with E-state index < -0.39 is 0 Å². The lowest BCUT2D eigenvalue weighted by atomic mass is 9.75. The normalized spacial score (nSPS) is 10.1. The van der Waals surface area contributed by atoms with Gasteiger partial charge in [-0.05, 0) is 11.2 Å². The highest BCUT2D eigenvalue weighted by Crippen LogP contribution is 1.65. The molecule has 1 rings (SSSR count). The molecule has 8 radical (unpaired) electrons. The Morgan fingerprint density at radius 1 is 0.900 bits per heavy atom. The van der Waals surface area contributed by atoms with Crippen LogP contribution in [0.2, 0.25) is 0 Å². The van der Waals surface area contributed by atoms with E-state index in [0.717, 1.165) is 0 Å². The van der Waals surface area contributed by atoms with Gasteiger partial charge < -0.3 is 4.57 Å². The molecule has 1 heterocycles. The predicted molar refractivity (Wildman–Crippen MR) is 47.0 cm³/mol. The lowest BCUT2D eigenvalue weighted by Crippen LogP contribution is -2.37. The summed E-state index contributed by atoms with van der Waals surface area (Å²) in [6.45, 7) is 0. The smallest absolute Gasteiger partial charge is 0.137 e. The Morgan fingerprint density at radius 3 is 1.30 bits per heavy atom. The van der Waals surface area contributed by atoms with Gasteiger partial charge in [-0.15, -0.1) is 0 Å². The first-order chi connectivity index (χ1) is 4.55. The van der Waals surface area contributed by atoms with Crippen molar-refractivity contribution in [2.24, 2.45) is 7.05 Å². The van der Waals surface area contributed by atoms with Crippen molar-refractivity contribution in [3.8, 4) is 0 Å². The maximum absolute atomic E-state index is 5.48. The summed E-state index contributed by atoms with van der Waals surface area (Å²) in [5.41, 5.74) is 1.55. The molecule has 0 aliphatic carbocycles. The van der Waals surface area contributed by atoms with Crippen LogP contribution in [-0.2, 0) is 7.05 Å². The van der Waals surface area contributed by atoms with E-state index in [4.69, 9.17) is 31.4 Å². The van der Waals surface area contributed by atoms with Crippen LogP contribution < -0.4 is 22.1 Å². The molecule has 0 unspecified atom stereocenters. The Labute approximate surface area is 65.8 Å². The van der Waals surface area contributed by atoms with E-state index in [2.05, 4.69) is 0 Å². The van der Waals surface area contributed by atoms with Crippen molar-refractivity contribution < 1.29 is 0 Å². The summed E-state index contributed by atoms with van der Waals surface area (Å²) < 4.78 is 1.55. The molecule has 0 amide bonds. The highest BCUT2D eigenvalue weighted by molar-refractivity contribution is 6.62. The molecule has 0 atom stereocenters. The SMILES string of the molecule is [B]c1c([B])c([B])n(C)c1[B]. The summed E-state index contributed by atoms with van der Waals surface area (Å²) in [6.07, 6.45) is 0. The van der Waals surface area contributed by atoms with Crippen LogP contribution in [0.1, 0.15) is 0 Å². The minimum absolute atomic E-state index is 0.361. The quantitative estimate of drug-likeness (QED) is 0.310. The first kappa shape index (κ1) is 7.64. The summed E-state index contributed by atoms with van der Waals surface area (Å²) in [5, 5.41) is 0. The van der Waals surface area contributed by atoms with E-state index in [1.807, 2.05) is 0 Å². The van der Waals surface area contributed by atoms with Crippen molar-refractivity contribution in [1.29, 1.82) is 0 Å². The summed E-state index contributed by atoms with van der Waals surface area (Å²) in [6, 6.07) is 0. The monoisotopic (exact) mass is 121 g/mol. The van der Waals surface area contributed by atoms with E-state index in [-0.39, 0.29) is 0 Å². The van der Waals surface area contributed by atoms with Crippen LogP contribution >= 0.6 is 0 Å². The number of hydrogen-bond donors (Lipinski definition) is 0. The fraction of sp³-hybridized carbons (Fsp3) is 0.200. The Bertz CT molecular complexity index is 185. The summed E-state index contributed by atoms with van der Waals surface area (Å²) in [5.74, 6) is 0. The van der Waals surface area contributed by atoms with Crippen molar-refractivity contribution >= 4 is 53.5 Å².